The van der Waals surface area contributed by atoms with Crippen molar-refractivity contribution in [1.29, 1.82) is 0 Å². The molecule has 0 amide bonds. The quantitative estimate of drug-likeness (QED) is 0.713. The van der Waals surface area contributed by atoms with E-state index in [0.29, 0.717) is 37.8 Å². The Morgan fingerprint density at radius 2 is 1.80 bits per heavy atom. The van der Waals surface area contributed by atoms with Gasteiger partial charge in [0.25, 0.3) is 0 Å². The van der Waals surface area contributed by atoms with Crippen molar-refractivity contribution in [2.45, 2.75) is 13.1 Å². The smallest absolute Gasteiger partial charge is 0.241 e. The van der Waals surface area contributed by atoms with Crippen molar-refractivity contribution in [2.24, 2.45) is 0 Å². The third-order valence-electron chi connectivity index (χ3n) is 4.02. The first kappa shape index (κ1) is 16.2. The van der Waals surface area contributed by atoms with E-state index in [1.807, 2.05) is 29.2 Å². The highest BCUT2D eigenvalue weighted by atomic mass is 35.5. The Balaban J connectivity index is 1.88. The minimum absolute atomic E-state index is 0.0572. The normalized spacial score (nSPS) is 16.4. The predicted molar refractivity (Wildman–Crippen MR) is 92.0 cm³/mol. The van der Waals surface area contributed by atoms with Crippen LogP contribution in [0, 0.1) is 0 Å². The van der Waals surface area contributed by atoms with Crippen molar-refractivity contribution in [2.75, 3.05) is 31.2 Å². The van der Waals surface area contributed by atoms with Crippen LogP contribution in [0.3, 0.4) is 0 Å². The molecular weight excluding hydrogens is 347 g/mol. The summed E-state index contributed by atoms with van der Waals surface area (Å²) in [5, 5.41) is 0.0572. The standard InChI is InChI=1S/C16H16ClFN6O/c1-10(18)13-19-11-4-2-3-5-12(11)24(13)16-21-14(17)20-15(22-16)23-6-8-25-9-7-23/h2-5,10H,6-9H2,1H3. The molecule has 0 bridgehead atoms. The van der Waals surface area contributed by atoms with E-state index in [-0.39, 0.29) is 17.1 Å². The first-order valence-electron chi connectivity index (χ1n) is 7.99. The van der Waals surface area contributed by atoms with E-state index in [0.717, 1.165) is 5.52 Å². The molecule has 9 heteroatoms. The summed E-state index contributed by atoms with van der Waals surface area (Å²) in [7, 11) is 0. The van der Waals surface area contributed by atoms with Gasteiger partial charge in [0.1, 0.15) is 0 Å². The summed E-state index contributed by atoms with van der Waals surface area (Å²) in [5.41, 5.74) is 1.39. The van der Waals surface area contributed by atoms with Gasteiger partial charge in [0.2, 0.25) is 17.2 Å². The third kappa shape index (κ3) is 3.03. The predicted octanol–water partition coefficient (Wildman–Crippen LogP) is 2.73. The van der Waals surface area contributed by atoms with Gasteiger partial charge >= 0.3 is 0 Å². The van der Waals surface area contributed by atoms with Crippen LogP contribution in [0.1, 0.15) is 18.9 Å². The summed E-state index contributed by atoms with van der Waals surface area (Å²) in [6.07, 6.45) is -1.28. The number of nitrogens with zero attached hydrogens (tertiary/aromatic N) is 6. The highest BCUT2D eigenvalue weighted by molar-refractivity contribution is 6.28. The second kappa shape index (κ2) is 6.53. The second-order valence-electron chi connectivity index (χ2n) is 5.71. The minimum atomic E-state index is -1.28. The molecule has 1 fully saturated rings. The lowest BCUT2D eigenvalue weighted by atomic mass is 10.3. The van der Waals surface area contributed by atoms with E-state index in [9.17, 15) is 4.39 Å². The van der Waals surface area contributed by atoms with Crippen LogP contribution in [0.25, 0.3) is 17.0 Å². The SMILES string of the molecule is CC(F)c1nc2ccccc2n1-c1nc(Cl)nc(N2CCOCC2)n1. The number of morpholine rings is 1. The molecule has 3 heterocycles. The van der Waals surface area contributed by atoms with E-state index >= 15 is 0 Å². The Morgan fingerprint density at radius 1 is 1.08 bits per heavy atom. The van der Waals surface area contributed by atoms with Crippen molar-refractivity contribution in [3.05, 3.63) is 35.4 Å². The molecule has 1 saturated heterocycles. The first-order chi connectivity index (χ1) is 12.1. The Kier molecular flexibility index (Phi) is 4.22. The van der Waals surface area contributed by atoms with Gasteiger partial charge in [0, 0.05) is 13.1 Å². The number of para-hydroxylation sites is 2. The molecule has 2 aromatic heterocycles. The Bertz CT molecular complexity index is 909. The van der Waals surface area contributed by atoms with Crippen LogP contribution in [0.2, 0.25) is 5.28 Å². The number of ether oxygens (including phenoxy) is 1. The van der Waals surface area contributed by atoms with Crippen LogP contribution in [-0.2, 0) is 4.74 Å². The van der Waals surface area contributed by atoms with Crippen LogP contribution in [0.5, 0.6) is 0 Å². The molecule has 1 aliphatic heterocycles. The molecule has 25 heavy (non-hydrogen) atoms. The molecule has 1 aliphatic rings. The van der Waals surface area contributed by atoms with E-state index in [1.54, 1.807) is 4.57 Å². The Hall–Kier alpha value is -2.32. The second-order valence-corrected chi connectivity index (χ2v) is 6.05. The number of alkyl halides is 1. The number of hydrogen-bond acceptors (Lipinski definition) is 6. The number of halogens is 2. The van der Waals surface area contributed by atoms with Gasteiger partial charge in [-0.1, -0.05) is 12.1 Å². The van der Waals surface area contributed by atoms with Crippen LogP contribution in [0.4, 0.5) is 10.3 Å². The molecule has 0 aliphatic carbocycles. The van der Waals surface area contributed by atoms with E-state index in [1.165, 1.54) is 6.92 Å². The Morgan fingerprint density at radius 3 is 2.56 bits per heavy atom. The van der Waals surface area contributed by atoms with E-state index < -0.39 is 6.17 Å². The molecular formula is C16H16ClFN6O. The van der Waals surface area contributed by atoms with Gasteiger partial charge in [-0.25, -0.2) is 9.37 Å². The summed E-state index contributed by atoms with van der Waals surface area (Å²) < 4.78 is 21.1. The number of imidazole rings is 1. The fourth-order valence-electron chi connectivity index (χ4n) is 2.86. The summed E-state index contributed by atoms with van der Waals surface area (Å²) in [6, 6.07) is 7.38. The molecule has 0 radical (unpaired) electrons. The molecule has 3 aromatic rings. The van der Waals surface area contributed by atoms with Gasteiger partial charge < -0.3 is 9.64 Å². The summed E-state index contributed by atoms with van der Waals surface area (Å²) >= 11 is 6.12. The zero-order valence-corrected chi connectivity index (χ0v) is 14.3. The molecule has 0 saturated carbocycles. The molecule has 4 rings (SSSR count). The van der Waals surface area contributed by atoms with E-state index in [4.69, 9.17) is 16.3 Å². The monoisotopic (exact) mass is 362 g/mol. The number of rotatable bonds is 3. The van der Waals surface area contributed by atoms with E-state index in [2.05, 4.69) is 19.9 Å². The molecule has 1 unspecified atom stereocenters. The van der Waals surface area contributed by atoms with Gasteiger partial charge in [0.15, 0.2) is 12.0 Å². The largest absolute Gasteiger partial charge is 0.378 e. The van der Waals surface area contributed by atoms with Gasteiger partial charge in [-0.15, -0.1) is 0 Å². The molecule has 7 nitrogen and oxygen atoms in total. The Labute approximate surface area is 148 Å². The average molecular weight is 363 g/mol. The van der Waals surface area contributed by atoms with Gasteiger partial charge in [-0.3, -0.25) is 4.57 Å². The fourth-order valence-corrected chi connectivity index (χ4v) is 3.01. The molecule has 130 valence electrons. The maximum Gasteiger partial charge on any atom is 0.241 e. The summed E-state index contributed by atoms with van der Waals surface area (Å²) in [6.45, 7) is 3.95. The zero-order chi connectivity index (χ0) is 17.4. The van der Waals surface area contributed by atoms with Crippen LogP contribution in [0.15, 0.2) is 24.3 Å². The summed E-state index contributed by atoms with van der Waals surface area (Å²) in [5.74, 6) is 0.944. The van der Waals surface area contributed by atoms with Crippen LogP contribution in [-0.4, -0.2) is 50.8 Å². The van der Waals surface area contributed by atoms with Crippen molar-refractivity contribution in [3.63, 3.8) is 0 Å². The van der Waals surface area contributed by atoms with Crippen molar-refractivity contribution in [3.8, 4) is 5.95 Å². The summed E-state index contributed by atoms with van der Waals surface area (Å²) in [4.78, 5) is 19.3. The average Bonchev–Trinajstić information content (AvgIpc) is 3.02. The van der Waals surface area contributed by atoms with Crippen molar-refractivity contribution in [1.82, 2.24) is 24.5 Å². The first-order valence-corrected chi connectivity index (χ1v) is 8.37. The molecule has 1 aromatic carbocycles. The highest BCUT2D eigenvalue weighted by Crippen LogP contribution is 2.26. The van der Waals surface area contributed by atoms with Gasteiger partial charge in [0.05, 0.1) is 24.2 Å². The highest BCUT2D eigenvalue weighted by Gasteiger charge is 2.22. The number of aromatic nitrogens is 5. The number of hydrogen-bond donors (Lipinski definition) is 0. The third-order valence-corrected chi connectivity index (χ3v) is 4.19. The maximum atomic E-state index is 14.2. The number of benzene rings is 1. The van der Waals surface area contributed by atoms with Crippen LogP contribution >= 0.6 is 11.6 Å². The molecule has 0 spiro atoms. The number of anilines is 1. The van der Waals surface area contributed by atoms with Gasteiger partial charge in [-0.2, -0.15) is 15.0 Å². The maximum absolute atomic E-state index is 14.2. The van der Waals surface area contributed by atoms with Crippen molar-refractivity contribution >= 4 is 28.6 Å². The lowest BCUT2D eigenvalue weighted by Crippen LogP contribution is -2.37. The fraction of sp³-hybridized carbons (Fsp3) is 0.375. The zero-order valence-electron chi connectivity index (χ0n) is 13.6. The van der Waals surface area contributed by atoms with Crippen molar-refractivity contribution < 1.29 is 9.13 Å². The molecule has 0 N–H and O–H groups in total. The number of fused-ring (bicyclic) bond motifs is 1. The lowest BCUT2D eigenvalue weighted by Gasteiger charge is -2.26. The van der Waals surface area contributed by atoms with Gasteiger partial charge in [-0.05, 0) is 30.7 Å². The van der Waals surface area contributed by atoms with Crippen LogP contribution < -0.4 is 4.90 Å². The minimum Gasteiger partial charge on any atom is -0.378 e. The lowest BCUT2D eigenvalue weighted by molar-refractivity contribution is 0.122. The molecule has 1 atom stereocenters. The topological polar surface area (TPSA) is 69.0 Å².